The average Bonchev–Trinajstić information content (AvgIpc) is 3.17. The molecule has 1 aromatic carbocycles. The molecule has 2 N–H and O–H groups in total. The van der Waals surface area contributed by atoms with Crippen LogP contribution in [0.1, 0.15) is 26.2 Å². The summed E-state index contributed by atoms with van der Waals surface area (Å²) in [6.45, 7) is 4.88. The molecule has 0 saturated carbocycles. The van der Waals surface area contributed by atoms with Crippen LogP contribution in [0.4, 0.5) is 10.1 Å². The summed E-state index contributed by atoms with van der Waals surface area (Å²) >= 11 is 1.04. The lowest BCUT2D eigenvalue weighted by molar-refractivity contribution is -0.115. The van der Waals surface area contributed by atoms with E-state index < -0.39 is 12.6 Å². The van der Waals surface area contributed by atoms with Gasteiger partial charge in [0.25, 0.3) is 11.5 Å². The van der Waals surface area contributed by atoms with Crippen LogP contribution in [-0.2, 0) is 11.3 Å². The van der Waals surface area contributed by atoms with E-state index in [0.717, 1.165) is 42.4 Å². The summed E-state index contributed by atoms with van der Waals surface area (Å²) < 4.78 is 20.3. The highest BCUT2D eigenvalue weighted by atomic mass is 32.1. The molecule has 0 spiro atoms. The van der Waals surface area contributed by atoms with Crippen molar-refractivity contribution in [2.75, 3.05) is 44.8 Å². The molecule has 3 rings (SSSR count). The topological polar surface area (TPSA) is 99.4 Å². The van der Waals surface area contributed by atoms with Crippen molar-refractivity contribution in [2.24, 2.45) is 0 Å². The number of piperidine rings is 1. The van der Waals surface area contributed by atoms with E-state index in [-0.39, 0.29) is 22.3 Å². The van der Waals surface area contributed by atoms with Crippen molar-refractivity contribution in [3.05, 3.63) is 43.8 Å². The maximum Gasteiger partial charge on any atom is 0.270 e. The highest BCUT2D eigenvalue weighted by molar-refractivity contribution is 7.07. The lowest BCUT2D eigenvalue weighted by Crippen LogP contribution is -2.35. The third kappa shape index (κ3) is 6.68. The number of amides is 1. The number of thiazole rings is 1. The molecule has 0 aliphatic carbocycles. The number of hydrogen-bond donors (Lipinski definition) is 2. The number of rotatable bonds is 10. The minimum Gasteiger partial charge on any atom is -0.492 e. The Bertz CT molecular complexity index is 1190. The zero-order chi connectivity index (χ0) is 24.3. The molecule has 1 aliphatic rings. The molecule has 1 aliphatic heterocycles. The second-order valence-electron chi connectivity index (χ2n) is 7.82. The zero-order valence-electron chi connectivity index (χ0n) is 19.3. The van der Waals surface area contributed by atoms with E-state index in [1.165, 1.54) is 23.8 Å². The number of ether oxygens (including phenoxy) is 1. The Morgan fingerprint density at radius 1 is 1.32 bits per heavy atom. The molecule has 10 heteroatoms. The molecular weight excluding hydrogens is 457 g/mol. The molecule has 182 valence electrons. The highest BCUT2D eigenvalue weighted by Gasteiger charge is 2.15. The van der Waals surface area contributed by atoms with Gasteiger partial charge in [0.05, 0.1) is 0 Å². The minimum atomic E-state index is -0.737. The molecule has 34 heavy (non-hydrogen) atoms. The molecule has 0 bridgehead atoms. The monoisotopic (exact) mass is 487 g/mol. The normalized spacial score (nSPS) is 15.5. The number of nitriles is 1. The number of aromatic nitrogens is 1. The standard InChI is InChI=1S/C24H30FN5O3S/c1-2-30-23(32)21(34-24(30)20(16-26)22(31)27-10-9-25)17-28-18-7-6-8-19(15-18)33-14-13-29-11-4-3-5-12-29/h6-8,15,17,28H,2-5,9-14H2,1H3,(H,27,31)/b21-17+,24-20-. The van der Waals surface area contributed by atoms with Crippen molar-refractivity contribution >= 4 is 34.7 Å². The van der Waals surface area contributed by atoms with Crippen molar-refractivity contribution in [1.29, 1.82) is 5.26 Å². The van der Waals surface area contributed by atoms with E-state index in [1.807, 2.05) is 30.3 Å². The van der Waals surface area contributed by atoms with Crippen molar-refractivity contribution < 1.29 is 13.9 Å². The molecule has 0 radical (unpaired) electrons. The molecular formula is C24H30FN5O3S. The molecule has 1 amide bonds. The highest BCUT2D eigenvalue weighted by Crippen LogP contribution is 2.17. The number of carbonyl (C=O) groups is 1. The average molecular weight is 488 g/mol. The van der Waals surface area contributed by atoms with Gasteiger partial charge in [-0.15, -0.1) is 11.3 Å². The Labute approximate surface area is 202 Å². The Morgan fingerprint density at radius 3 is 2.82 bits per heavy atom. The summed E-state index contributed by atoms with van der Waals surface area (Å²) in [4.78, 5) is 27.5. The van der Waals surface area contributed by atoms with Gasteiger partial charge in [0.15, 0.2) is 5.57 Å². The number of likely N-dealkylation sites (tertiary alicyclic amines) is 1. The molecule has 1 fully saturated rings. The zero-order valence-corrected chi connectivity index (χ0v) is 20.1. The van der Waals surface area contributed by atoms with Crippen molar-refractivity contribution in [1.82, 2.24) is 14.8 Å². The Kier molecular flexibility index (Phi) is 9.67. The predicted molar refractivity (Wildman–Crippen MR) is 132 cm³/mol. The summed E-state index contributed by atoms with van der Waals surface area (Å²) in [5.41, 5.74) is 0.231. The van der Waals surface area contributed by atoms with E-state index in [1.54, 1.807) is 13.1 Å². The van der Waals surface area contributed by atoms with E-state index in [9.17, 15) is 19.2 Å². The molecule has 8 nitrogen and oxygen atoms in total. The van der Waals surface area contributed by atoms with Gasteiger partial charge >= 0.3 is 0 Å². The summed E-state index contributed by atoms with van der Waals surface area (Å²) in [7, 11) is 0. The third-order valence-corrected chi connectivity index (χ3v) is 6.62. The maximum atomic E-state index is 12.8. The van der Waals surface area contributed by atoms with Gasteiger partial charge in [-0.1, -0.05) is 12.5 Å². The lowest BCUT2D eigenvalue weighted by atomic mass is 10.1. The van der Waals surface area contributed by atoms with Gasteiger partial charge in [-0.2, -0.15) is 5.26 Å². The van der Waals surface area contributed by atoms with Crippen LogP contribution < -0.4 is 30.1 Å². The quantitative estimate of drug-likeness (QED) is 0.526. The van der Waals surface area contributed by atoms with E-state index >= 15 is 0 Å². The number of nitrogens with zero attached hydrogens (tertiary/aromatic N) is 3. The van der Waals surface area contributed by atoms with Crippen LogP contribution in [-0.4, -0.2) is 54.8 Å². The van der Waals surface area contributed by atoms with Crippen molar-refractivity contribution in [2.45, 2.75) is 32.7 Å². The Hall–Kier alpha value is -3.16. The molecule has 2 aromatic rings. The van der Waals surface area contributed by atoms with Crippen LogP contribution >= 0.6 is 11.3 Å². The summed E-state index contributed by atoms with van der Waals surface area (Å²) in [5, 5.41) is 14.9. The van der Waals surface area contributed by atoms with Crippen LogP contribution in [0.5, 0.6) is 5.75 Å². The van der Waals surface area contributed by atoms with Gasteiger partial charge in [0.1, 0.15) is 34.3 Å². The van der Waals surface area contributed by atoms with Crippen molar-refractivity contribution in [3.8, 4) is 11.8 Å². The molecule has 2 heterocycles. The fraction of sp³-hybridized carbons (Fsp3) is 0.458. The largest absolute Gasteiger partial charge is 0.492 e. The fourth-order valence-electron chi connectivity index (χ4n) is 3.74. The van der Waals surface area contributed by atoms with E-state index in [4.69, 9.17) is 4.74 Å². The second-order valence-corrected chi connectivity index (χ2v) is 8.85. The van der Waals surface area contributed by atoms with Gasteiger partial charge in [0, 0.05) is 37.6 Å². The van der Waals surface area contributed by atoms with Crippen LogP contribution in [0.3, 0.4) is 0 Å². The number of anilines is 1. The number of nitrogens with one attached hydrogen (secondary N) is 2. The molecule has 0 atom stereocenters. The predicted octanol–water partition coefficient (Wildman–Crippen LogP) is 1.40. The first-order valence-corrected chi connectivity index (χ1v) is 12.3. The van der Waals surface area contributed by atoms with Crippen LogP contribution in [0.15, 0.2) is 29.1 Å². The maximum absolute atomic E-state index is 12.8. The lowest BCUT2D eigenvalue weighted by Gasteiger charge is -2.26. The molecule has 0 unspecified atom stereocenters. The Morgan fingerprint density at radius 2 is 2.12 bits per heavy atom. The smallest absolute Gasteiger partial charge is 0.270 e. The van der Waals surface area contributed by atoms with E-state index in [0.29, 0.717) is 17.7 Å². The summed E-state index contributed by atoms with van der Waals surface area (Å²) in [5.74, 6) is 0.0374. The van der Waals surface area contributed by atoms with Crippen LogP contribution in [0.2, 0.25) is 0 Å². The van der Waals surface area contributed by atoms with E-state index in [2.05, 4.69) is 15.5 Å². The minimum absolute atomic E-state index is 0.192. The first-order chi connectivity index (χ1) is 16.6. The molecule has 1 aromatic heterocycles. The summed E-state index contributed by atoms with van der Waals surface area (Å²) in [6.07, 6.45) is 5.35. The summed E-state index contributed by atoms with van der Waals surface area (Å²) in [6, 6.07) is 9.32. The SMILES string of the molecule is CCn1c(=O)/c(=C\Nc2cccc(OCCN3CCCCC3)c2)s/c1=C(/C#N)C(=O)NCCF. The number of alkyl halides is 1. The van der Waals surface area contributed by atoms with Gasteiger partial charge in [0.2, 0.25) is 0 Å². The second kappa shape index (κ2) is 12.9. The van der Waals surface area contributed by atoms with Gasteiger partial charge in [-0.3, -0.25) is 19.1 Å². The first-order valence-electron chi connectivity index (χ1n) is 11.5. The number of halogens is 1. The third-order valence-electron chi connectivity index (χ3n) is 5.49. The first kappa shape index (κ1) is 25.5. The fourth-order valence-corrected chi connectivity index (χ4v) is 4.82. The number of hydrogen-bond acceptors (Lipinski definition) is 7. The van der Waals surface area contributed by atoms with Gasteiger partial charge < -0.3 is 15.4 Å². The van der Waals surface area contributed by atoms with Crippen LogP contribution in [0.25, 0.3) is 11.8 Å². The number of carbonyl (C=O) groups excluding carboxylic acids is 1. The van der Waals surface area contributed by atoms with Crippen molar-refractivity contribution in [3.63, 3.8) is 0 Å². The number of benzene rings is 1. The van der Waals surface area contributed by atoms with Gasteiger partial charge in [-0.25, -0.2) is 4.39 Å². The Balaban J connectivity index is 1.76. The van der Waals surface area contributed by atoms with Gasteiger partial charge in [-0.05, 0) is 45.0 Å². The van der Waals surface area contributed by atoms with Crippen LogP contribution in [0, 0.1) is 11.3 Å². The molecule has 1 saturated heterocycles.